The van der Waals surface area contributed by atoms with Gasteiger partial charge < -0.3 is 19.8 Å². The van der Waals surface area contributed by atoms with Crippen LogP contribution in [0.4, 0.5) is 4.79 Å². The normalized spacial score (nSPS) is 16.9. The molecule has 2 aromatic heterocycles. The first-order chi connectivity index (χ1) is 14.0. The number of nitrogens with zero attached hydrogens (tertiary/aromatic N) is 4. The number of carbonyl (C=O) groups is 1. The van der Waals surface area contributed by atoms with E-state index in [1.165, 1.54) is 15.8 Å². The Morgan fingerprint density at radius 1 is 1.33 bits per heavy atom. The van der Waals surface area contributed by atoms with E-state index in [0.717, 1.165) is 6.04 Å². The summed E-state index contributed by atoms with van der Waals surface area (Å²) in [5, 5.41) is 20.6. The van der Waals surface area contributed by atoms with Gasteiger partial charge in [-0.3, -0.25) is 13.9 Å². The first-order valence-corrected chi connectivity index (χ1v) is 14.1. The van der Waals surface area contributed by atoms with Crippen LogP contribution in [0.3, 0.4) is 0 Å². The van der Waals surface area contributed by atoms with E-state index in [9.17, 15) is 14.7 Å². The second-order valence-corrected chi connectivity index (χ2v) is 15.2. The van der Waals surface area contributed by atoms with Crippen LogP contribution in [0.25, 0.3) is 11.0 Å². The molecule has 2 N–H and O–H groups in total. The Hall–Kier alpha value is -1.88. The summed E-state index contributed by atoms with van der Waals surface area (Å²) in [5.74, 6) is 0. The predicted molar refractivity (Wildman–Crippen MR) is 117 cm³/mol. The lowest BCUT2D eigenvalue weighted by Gasteiger charge is -2.37. The zero-order valence-electron chi connectivity index (χ0n) is 17.6. The highest BCUT2D eigenvalue weighted by Gasteiger charge is 2.34. The molecule has 0 radical (unpaired) electrons. The lowest BCUT2D eigenvalue weighted by molar-refractivity contribution is -0.0304. The fraction of sp³-hybridized carbons (Fsp3) is 0.632. The van der Waals surface area contributed by atoms with Gasteiger partial charge >= 0.3 is 6.09 Å². The highest BCUT2D eigenvalue weighted by molar-refractivity contribution is 6.76. The van der Waals surface area contributed by atoms with Crippen LogP contribution in [0.2, 0.25) is 30.8 Å². The van der Waals surface area contributed by atoms with Crippen LogP contribution < -0.4 is 5.56 Å². The SMILES string of the molecule is C[Si](C)(C)CCOCn1c(Cl)cc2c(=O)n(CC3(O)CCN(C(=O)O)CC3)cnc21. The fourth-order valence-electron chi connectivity index (χ4n) is 3.50. The number of piperidine rings is 1. The lowest BCUT2D eigenvalue weighted by atomic mass is 9.91. The average Bonchev–Trinajstić information content (AvgIpc) is 2.97. The van der Waals surface area contributed by atoms with Crippen molar-refractivity contribution < 1.29 is 19.7 Å². The summed E-state index contributed by atoms with van der Waals surface area (Å²) in [7, 11) is -1.20. The number of carboxylic acid groups (broad SMARTS) is 1. The third-order valence-corrected chi connectivity index (χ3v) is 7.49. The Labute approximate surface area is 180 Å². The molecule has 0 unspecified atom stereocenters. The van der Waals surface area contributed by atoms with Crippen LogP contribution in [0.5, 0.6) is 0 Å². The van der Waals surface area contributed by atoms with Gasteiger partial charge in [0.2, 0.25) is 0 Å². The van der Waals surface area contributed by atoms with Gasteiger partial charge in [-0.15, -0.1) is 0 Å². The largest absolute Gasteiger partial charge is 0.465 e. The van der Waals surface area contributed by atoms with Crippen molar-refractivity contribution in [1.29, 1.82) is 0 Å². The average molecular weight is 457 g/mol. The zero-order valence-corrected chi connectivity index (χ0v) is 19.4. The number of aromatic nitrogens is 3. The number of amides is 1. The van der Waals surface area contributed by atoms with Crippen molar-refractivity contribution in [3.63, 3.8) is 0 Å². The number of hydrogen-bond donors (Lipinski definition) is 2. The molecule has 2 aromatic rings. The molecule has 11 heteroatoms. The fourth-order valence-corrected chi connectivity index (χ4v) is 4.49. The van der Waals surface area contributed by atoms with Crippen molar-refractivity contribution >= 4 is 36.8 Å². The van der Waals surface area contributed by atoms with Gasteiger partial charge in [0.15, 0.2) is 0 Å². The maximum atomic E-state index is 12.9. The second kappa shape index (κ2) is 8.70. The third-order valence-electron chi connectivity index (χ3n) is 5.47. The molecular weight excluding hydrogens is 428 g/mol. The third kappa shape index (κ3) is 5.23. The molecule has 166 valence electrons. The van der Waals surface area contributed by atoms with E-state index in [4.69, 9.17) is 21.4 Å². The second-order valence-electron chi connectivity index (χ2n) is 9.15. The van der Waals surface area contributed by atoms with Crippen molar-refractivity contribution in [3.8, 4) is 0 Å². The van der Waals surface area contributed by atoms with Crippen molar-refractivity contribution in [3.05, 3.63) is 27.9 Å². The van der Waals surface area contributed by atoms with Crippen molar-refractivity contribution in [1.82, 2.24) is 19.0 Å². The van der Waals surface area contributed by atoms with Gasteiger partial charge in [-0.05, 0) is 25.0 Å². The summed E-state index contributed by atoms with van der Waals surface area (Å²) < 4.78 is 8.78. The molecule has 0 aromatic carbocycles. The minimum Gasteiger partial charge on any atom is -0.465 e. The molecule has 0 aliphatic carbocycles. The molecule has 0 bridgehead atoms. The Morgan fingerprint density at radius 3 is 2.60 bits per heavy atom. The standard InChI is InChI=1S/C19H29ClN4O5Si/c1-30(2,3)9-8-29-13-24-15(20)10-14-16(24)21-12-23(17(14)25)11-19(28)4-6-22(7-5-19)18(26)27/h10,12,28H,4-9,11,13H2,1-3H3,(H,26,27). The van der Waals surface area contributed by atoms with Crippen LogP contribution in [0.1, 0.15) is 12.8 Å². The molecule has 1 saturated heterocycles. The van der Waals surface area contributed by atoms with E-state index in [0.29, 0.717) is 22.8 Å². The maximum absolute atomic E-state index is 12.9. The van der Waals surface area contributed by atoms with Gasteiger partial charge in [0.1, 0.15) is 23.9 Å². The predicted octanol–water partition coefficient (Wildman–Crippen LogP) is 2.67. The molecular formula is C19H29ClN4O5Si. The molecule has 3 rings (SSSR count). The molecule has 30 heavy (non-hydrogen) atoms. The lowest BCUT2D eigenvalue weighted by Crippen LogP contribution is -2.49. The molecule has 0 atom stereocenters. The number of rotatable bonds is 7. The van der Waals surface area contributed by atoms with E-state index < -0.39 is 19.8 Å². The van der Waals surface area contributed by atoms with Gasteiger partial charge in [0, 0.05) is 27.8 Å². The van der Waals surface area contributed by atoms with Gasteiger partial charge in [-0.1, -0.05) is 31.2 Å². The summed E-state index contributed by atoms with van der Waals surface area (Å²) in [6, 6.07) is 2.60. The van der Waals surface area contributed by atoms with Gasteiger partial charge in [0.05, 0.1) is 17.5 Å². The quantitative estimate of drug-likeness (QED) is 0.489. The van der Waals surface area contributed by atoms with Crippen molar-refractivity contribution in [2.45, 2.75) is 57.4 Å². The van der Waals surface area contributed by atoms with Crippen molar-refractivity contribution in [2.24, 2.45) is 0 Å². The molecule has 0 saturated carbocycles. The Balaban J connectivity index is 1.74. The Morgan fingerprint density at radius 2 is 2.00 bits per heavy atom. The van der Waals surface area contributed by atoms with Crippen LogP contribution in [-0.2, 0) is 18.0 Å². The summed E-state index contributed by atoms with van der Waals surface area (Å²) in [6.45, 7) is 8.19. The molecule has 3 heterocycles. The monoisotopic (exact) mass is 456 g/mol. The smallest absolute Gasteiger partial charge is 0.407 e. The first-order valence-electron chi connectivity index (χ1n) is 10.0. The van der Waals surface area contributed by atoms with Gasteiger partial charge in [-0.2, -0.15) is 0 Å². The molecule has 9 nitrogen and oxygen atoms in total. The summed E-state index contributed by atoms with van der Waals surface area (Å²) in [6.07, 6.45) is 0.925. The van der Waals surface area contributed by atoms with Crippen molar-refractivity contribution in [2.75, 3.05) is 19.7 Å². The van der Waals surface area contributed by atoms with E-state index >= 15 is 0 Å². The minimum absolute atomic E-state index is 0.0533. The summed E-state index contributed by atoms with van der Waals surface area (Å²) >= 11 is 6.32. The Bertz CT molecular complexity index is 976. The Kier molecular flexibility index (Phi) is 6.61. The minimum atomic E-state index is -1.20. The van der Waals surface area contributed by atoms with Crippen LogP contribution in [-0.4, -0.2) is 68.7 Å². The van der Waals surface area contributed by atoms with Crippen LogP contribution >= 0.6 is 11.6 Å². The number of likely N-dealkylation sites (tertiary alicyclic amines) is 1. The molecule has 0 spiro atoms. The van der Waals surface area contributed by atoms with Crippen LogP contribution in [0, 0.1) is 0 Å². The highest BCUT2D eigenvalue weighted by atomic mass is 35.5. The van der Waals surface area contributed by atoms with E-state index in [1.54, 1.807) is 10.6 Å². The van der Waals surface area contributed by atoms with Gasteiger partial charge in [0.25, 0.3) is 5.56 Å². The number of halogens is 1. The molecule has 1 aliphatic rings. The number of aliphatic hydroxyl groups is 1. The van der Waals surface area contributed by atoms with Crippen LogP contribution in [0.15, 0.2) is 17.2 Å². The van der Waals surface area contributed by atoms with E-state index in [2.05, 4.69) is 24.6 Å². The highest BCUT2D eigenvalue weighted by Crippen LogP contribution is 2.25. The first kappa shape index (κ1) is 22.8. The number of ether oxygens (including phenoxy) is 1. The van der Waals surface area contributed by atoms with Gasteiger partial charge in [-0.25, -0.2) is 9.78 Å². The number of hydrogen-bond acceptors (Lipinski definition) is 5. The zero-order chi connectivity index (χ0) is 22.1. The molecule has 1 amide bonds. The molecule has 1 aliphatic heterocycles. The summed E-state index contributed by atoms with van der Waals surface area (Å²) in [5.41, 5.74) is -1.00. The topological polar surface area (TPSA) is 110 Å². The molecule has 1 fully saturated rings. The van der Waals surface area contributed by atoms with E-state index in [-0.39, 0.29) is 44.8 Å². The number of fused-ring (bicyclic) bond motifs is 1. The van der Waals surface area contributed by atoms with E-state index in [1.807, 2.05) is 0 Å². The summed E-state index contributed by atoms with van der Waals surface area (Å²) in [4.78, 5) is 29.7. The maximum Gasteiger partial charge on any atom is 0.407 e.